The maximum Gasteiger partial charge on any atom is 0.261 e. The van der Waals surface area contributed by atoms with Crippen molar-refractivity contribution in [2.75, 3.05) is 0 Å². The largest absolute Gasteiger partial charge is 0.345 e. The Morgan fingerprint density at radius 3 is 2.70 bits per heavy atom. The zero-order chi connectivity index (χ0) is 16.6. The second kappa shape index (κ2) is 6.34. The van der Waals surface area contributed by atoms with E-state index in [1.807, 2.05) is 49.0 Å². The van der Waals surface area contributed by atoms with Gasteiger partial charge in [-0.2, -0.15) is 5.10 Å². The number of thiophene rings is 1. The van der Waals surface area contributed by atoms with Gasteiger partial charge in [0.25, 0.3) is 5.91 Å². The Balaban J connectivity index is 1.83. The molecule has 23 heavy (non-hydrogen) atoms. The molecule has 1 N–H and O–H groups in total. The summed E-state index contributed by atoms with van der Waals surface area (Å²) in [5, 5.41) is 9.21. The van der Waals surface area contributed by atoms with Gasteiger partial charge < -0.3 is 5.32 Å². The minimum absolute atomic E-state index is 0.0239. The number of nitrogens with zero attached hydrogens (tertiary/aromatic N) is 2. The monoisotopic (exact) mass is 347 g/mol. The van der Waals surface area contributed by atoms with E-state index in [0.29, 0.717) is 9.90 Å². The number of aromatic nitrogens is 2. The fraction of sp³-hybridized carbons (Fsp3) is 0.294. The SMILES string of the molecule is CC[C@H](NC(=O)c1cc2c(C)nn(C)c2s1)c1ccc(Cl)cc1. The van der Waals surface area contributed by atoms with Crippen molar-refractivity contribution in [2.24, 2.45) is 7.05 Å². The molecule has 2 aromatic heterocycles. The smallest absolute Gasteiger partial charge is 0.261 e. The molecule has 2 heterocycles. The number of benzene rings is 1. The maximum absolute atomic E-state index is 12.6. The molecular formula is C17H18ClN3OS. The summed E-state index contributed by atoms with van der Waals surface area (Å²) in [7, 11) is 1.90. The Morgan fingerprint density at radius 1 is 1.39 bits per heavy atom. The number of halogens is 1. The second-order valence-corrected chi connectivity index (χ2v) is 6.99. The summed E-state index contributed by atoms with van der Waals surface area (Å²) in [6.45, 7) is 4.01. The van der Waals surface area contributed by atoms with Gasteiger partial charge in [-0.1, -0.05) is 30.7 Å². The normalized spacial score (nSPS) is 12.5. The summed E-state index contributed by atoms with van der Waals surface area (Å²) in [4.78, 5) is 14.3. The Labute approximate surface area is 144 Å². The standard InChI is InChI=1S/C17H18ClN3OS/c1-4-14(11-5-7-12(18)8-6-11)19-16(22)15-9-13-10(2)20-21(3)17(13)23-15/h5-9,14H,4H2,1-3H3,(H,19,22)/t14-/m0/s1. The van der Waals surface area contributed by atoms with Crippen molar-refractivity contribution >= 4 is 39.1 Å². The van der Waals surface area contributed by atoms with Gasteiger partial charge in [0.1, 0.15) is 4.83 Å². The number of amides is 1. The molecule has 0 aliphatic rings. The summed E-state index contributed by atoms with van der Waals surface area (Å²) in [5.74, 6) is -0.0487. The zero-order valence-corrected chi connectivity index (χ0v) is 14.8. The minimum Gasteiger partial charge on any atom is -0.345 e. The average molecular weight is 348 g/mol. The highest BCUT2D eigenvalue weighted by Crippen LogP contribution is 2.28. The molecule has 1 atom stereocenters. The topological polar surface area (TPSA) is 46.9 Å². The van der Waals surface area contributed by atoms with E-state index in [4.69, 9.17) is 11.6 Å². The minimum atomic E-state index is -0.0487. The van der Waals surface area contributed by atoms with Crippen molar-refractivity contribution in [3.05, 3.63) is 51.5 Å². The molecule has 0 saturated carbocycles. The van der Waals surface area contributed by atoms with Gasteiger partial charge >= 0.3 is 0 Å². The number of rotatable bonds is 4. The number of nitrogens with one attached hydrogen (secondary N) is 1. The molecule has 4 nitrogen and oxygen atoms in total. The predicted molar refractivity (Wildman–Crippen MR) is 95.3 cm³/mol. The third-order valence-electron chi connectivity index (χ3n) is 3.91. The molecule has 6 heteroatoms. The van der Waals surface area contributed by atoms with Crippen LogP contribution in [-0.4, -0.2) is 15.7 Å². The average Bonchev–Trinajstić information content (AvgIpc) is 3.08. The van der Waals surface area contributed by atoms with E-state index in [1.165, 1.54) is 11.3 Å². The van der Waals surface area contributed by atoms with Gasteiger partial charge in [-0.05, 0) is 37.1 Å². The number of carbonyl (C=O) groups excluding carboxylic acids is 1. The van der Waals surface area contributed by atoms with Crippen molar-refractivity contribution < 1.29 is 4.79 Å². The fourth-order valence-electron chi connectivity index (χ4n) is 2.66. The van der Waals surface area contributed by atoms with Crippen LogP contribution in [0.5, 0.6) is 0 Å². The Morgan fingerprint density at radius 2 is 2.09 bits per heavy atom. The van der Waals surface area contributed by atoms with Gasteiger partial charge in [-0.25, -0.2) is 0 Å². The van der Waals surface area contributed by atoms with E-state index in [1.54, 1.807) is 0 Å². The molecule has 0 fully saturated rings. The molecule has 0 unspecified atom stereocenters. The highest BCUT2D eigenvalue weighted by Gasteiger charge is 2.18. The maximum atomic E-state index is 12.6. The summed E-state index contributed by atoms with van der Waals surface area (Å²) in [6.07, 6.45) is 0.818. The van der Waals surface area contributed by atoms with Crippen LogP contribution in [0, 0.1) is 6.92 Å². The molecule has 3 rings (SSSR count). The summed E-state index contributed by atoms with van der Waals surface area (Å²) >= 11 is 7.40. The Hall–Kier alpha value is -1.85. The first-order valence-corrected chi connectivity index (χ1v) is 8.68. The number of aryl methyl sites for hydroxylation is 2. The van der Waals surface area contributed by atoms with E-state index in [-0.39, 0.29) is 11.9 Å². The number of fused-ring (bicyclic) bond motifs is 1. The molecule has 0 spiro atoms. The fourth-order valence-corrected chi connectivity index (χ4v) is 3.81. The third-order valence-corrected chi connectivity index (χ3v) is 5.36. The summed E-state index contributed by atoms with van der Waals surface area (Å²) in [5.41, 5.74) is 2.01. The van der Waals surface area contributed by atoms with Gasteiger partial charge in [0.2, 0.25) is 0 Å². The molecule has 0 aliphatic heterocycles. The number of hydrogen-bond acceptors (Lipinski definition) is 3. The van der Waals surface area contributed by atoms with Crippen LogP contribution in [0.2, 0.25) is 5.02 Å². The lowest BCUT2D eigenvalue weighted by Gasteiger charge is -2.17. The van der Waals surface area contributed by atoms with Crippen molar-refractivity contribution in [1.82, 2.24) is 15.1 Å². The van der Waals surface area contributed by atoms with Gasteiger partial charge in [-0.3, -0.25) is 9.48 Å². The first-order chi connectivity index (χ1) is 11.0. The van der Waals surface area contributed by atoms with Crippen LogP contribution >= 0.6 is 22.9 Å². The first-order valence-electron chi connectivity index (χ1n) is 7.49. The van der Waals surface area contributed by atoms with E-state index < -0.39 is 0 Å². The van der Waals surface area contributed by atoms with Gasteiger partial charge in [-0.15, -0.1) is 11.3 Å². The molecule has 0 bridgehead atoms. The van der Waals surface area contributed by atoms with Gasteiger partial charge in [0.05, 0.1) is 16.6 Å². The molecule has 1 amide bonds. The lowest BCUT2D eigenvalue weighted by Crippen LogP contribution is -2.27. The predicted octanol–water partition coefficient (Wildman–Crippen LogP) is 4.48. The van der Waals surface area contributed by atoms with Crippen LogP contribution in [0.15, 0.2) is 30.3 Å². The molecule has 0 radical (unpaired) electrons. The van der Waals surface area contributed by atoms with Crippen molar-refractivity contribution in [2.45, 2.75) is 26.3 Å². The third kappa shape index (κ3) is 3.12. The van der Waals surface area contributed by atoms with Crippen LogP contribution in [0.25, 0.3) is 10.2 Å². The quantitative estimate of drug-likeness (QED) is 0.756. The highest BCUT2D eigenvalue weighted by molar-refractivity contribution is 7.20. The van der Waals surface area contributed by atoms with Crippen LogP contribution in [-0.2, 0) is 7.05 Å². The van der Waals surface area contributed by atoms with E-state index in [0.717, 1.165) is 27.9 Å². The van der Waals surface area contributed by atoms with Gasteiger partial charge in [0.15, 0.2) is 0 Å². The van der Waals surface area contributed by atoms with E-state index in [2.05, 4.69) is 17.3 Å². The highest BCUT2D eigenvalue weighted by atomic mass is 35.5. The van der Waals surface area contributed by atoms with E-state index >= 15 is 0 Å². The number of hydrogen-bond donors (Lipinski definition) is 1. The van der Waals surface area contributed by atoms with Crippen molar-refractivity contribution in [1.29, 1.82) is 0 Å². The van der Waals surface area contributed by atoms with Crippen LogP contribution in [0.1, 0.15) is 40.3 Å². The van der Waals surface area contributed by atoms with Crippen molar-refractivity contribution in [3.8, 4) is 0 Å². The van der Waals surface area contributed by atoms with Crippen LogP contribution in [0.3, 0.4) is 0 Å². The molecular weight excluding hydrogens is 330 g/mol. The molecule has 0 saturated heterocycles. The van der Waals surface area contributed by atoms with Gasteiger partial charge in [0, 0.05) is 17.5 Å². The Bertz CT molecular complexity index is 816. The lowest BCUT2D eigenvalue weighted by molar-refractivity contribution is 0.0940. The van der Waals surface area contributed by atoms with E-state index in [9.17, 15) is 4.79 Å². The zero-order valence-electron chi connectivity index (χ0n) is 13.3. The first kappa shape index (κ1) is 16.0. The van der Waals surface area contributed by atoms with Crippen LogP contribution < -0.4 is 5.32 Å². The number of carbonyl (C=O) groups is 1. The molecule has 1 aromatic carbocycles. The summed E-state index contributed by atoms with van der Waals surface area (Å²) in [6, 6.07) is 9.50. The van der Waals surface area contributed by atoms with Crippen LogP contribution in [0.4, 0.5) is 0 Å². The van der Waals surface area contributed by atoms with Crippen molar-refractivity contribution in [3.63, 3.8) is 0 Å². The summed E-state index contributed by atoms with van der Waals surface area (Å²) < 4.78 is 1.82. The lowest BCUT2D eigenvalue weighted by atomic mass is 10.0. The second-order valence-electron chi connectivity index (χ2n) is 5.52. The Kier molecular flexibility index (Phi) is 4.41. The molecule has 3 aromatic rings. The molecule has 120 valence electrons. The molecule has 0 aliphatic carbocycles.